The van der Waals surface area contributed by atoms with Crippen molar-refractivity contribution in [2.75, 3.05) is 13.7 Å². The molecule has 0 amide bonds. The number of hydrogen-bond acceptors (Lipinski definition) is 6. The van der Waals surface area contributed by atoms with Gasteiger partial charge in [0.25, 0.3) is 0 Å². The Hall–Kier alpha value is -1.21. The van der Waals surface area contributed by atoms with E-state index < -0.39 is 33.8 Å². The third kappa shape index (κ3) is 2.08. The maximum atomic E-state index is 11.9. The summed E-state index contributed by atoms with van der Waals surface area (Å²) in [7, 11) is 1.24. The average molecular weight is 260 g/mol. The Morgan fingerprint density at radius 2 is 1.89 bits per heavy atom. The van der Waals surface area contributed by atoms with Crippen LogP contribution < -0.4 is 0 Å². The highest BCUT2D eigenvalue weighted by atomic mass is 16.6. The summed E-state index contributed by atoms with van der Waals surface area (Å²) in [6.45, 7) is 6.34. The lowest BCUT2D eigenvalue weighted by Gasteiger charge is -2.35. The van der Waals surface area contributed by atoms with Crippen LogP contribution in [0.25, 0.3) is 0 Å². The number of esters is 1. The highest BCUT2D eigenvalue weighted by Gasteiger charge is 2.63. The van der Waals surface area contributed by atoms with Crippen LogP contribution in [0, 0.1) is 22.0 Å². The molecule has 1 N–H and O–H groups in total. The van der Waals surface area contributed by atoms with Gasteiger partial charge in [0, 0.05) is 4.92 Å². The lowest BCUT2D eigenvalue weighted by atomic mass is 9.77. The molecule has 1 saturated heterocycles. The van der Waals surface area contributed by atoms with Crippen molar-refractivity contribution in [3.05, 3.63) is 10.1 Å². The minimum absolute atomic E-state index is 0.382. The summed E-state index contributed by atoms with van der Waals surface area (Å²) in [6, 6.07) is 0. The number of carbonyl (C=O) groups is 1. The van der Waals surface area contributed by atoms with E-state index in [1.54, 1.807) is 27.7 Å². The van der Waals surface area contributed by atoms with Crippen LogP contribution in [0.5, 0.6) is 0 Å². The smallest absolute Gasteiger partial charge is 0.311 e. The Labute approximate surface area is 106 Å². The number of nitro groups is 1. The summed E-state index contributed by atoms with van der Waals surface area (Å²) < 4.78 is 4.72. The number of hydroxylamine groups is 2. The highest BCUT2D eigenvalue weighted by molar-refractivity contribution is 5.75. The molecule has 2 atom stereocenters. The van der Waals surface area contributed by atoms with Gasteiger partial charge in [-0.3, -0.25) is 14.9 Å². The molecule has 0 unspecified atom stereocenters. The van der Waals surface area contributed by atoms with E-state index in [1.165, 1.54) is 7.11 Å². The molecule has 104 valence electrons. The predicted octanol–water partition coefficient (Wildman–Crippen LogP) is 0.930. The molecule has 0 aromatic rings. The fraction of sp³-hybridized carbons (Fsp3) is 0.909. The summed E-state index contributed by atoms with van der Waals surface area (Å²) in [4.78, 5) is 22.2. The van der Waals surface area contributed by atoms with Crippen molar-refractivity contribution < 1.29 is 19.7 Å². The molecule has 1 rings (SSSR count). The SMILES string of the molecule is COC(=O)[C@H]1[C@@H](C[N+](=O)[O-])C(C)(C)N(O)C1(C)C. The molecular weight excluding hydrogens is 240 g/mol. The van der Waals surface area contributed by atoms with Crippen LogP contribution in [-0.4, -0.2) is 45.9 Å². The first-order chi connectivity index (χ1) is 8.06. The van der Waals surface area contributed by atoms with Crippen molar-refractivity contribution in [2.24, 2.45) is 11.8 Å². The molecule has 7 heteroatoms. The molecule has 1 aliphatic heterocycles. The van der Waals surface area contributed by atoms with Gasteiger partial charge in [-0.05, 0) is 27.7 Å². The molecule has 1 aliphatic rings. The summed E-state index contributed by atoms with van der Waals surface area (Å²) in [6.07, 6.45) is 0. The van der Waals surface area contributed by atoms with Crippen molar-refractivity contribution in [2.45, 2.75) is 38.8 Å². The van der Waals surface area contributed by atoms with Gasteiger partial charge in [-0.2, -0.15) is 5.06 Å². The number of nitrogens with zero attached hydrogens (tertiary/aromatic N) is 2. The monoisotopic (exact) mass is 260 g/mol. The van der Waals surface area contributed by atoms with Crippen molar-refractivity contribution >= 4 is 5.97 Å². The minimum atomic E-state index is -0.905. The van der Waals surface area contributed by atoms with Gasteiger partial charge in [0.05, 0.1) is 30.0 Å². The second-order valence-corrected chi connectivity index (χ2v) is 5.74. The molecule has 18 heavy (non-hydrogen) atoms. The molecule has 0 saturated carbocycles. The Kier molecular flexibility index (Phi) is 3.69. The summed E-state index contributed by atoms with van der Waals surface area (Å²) in [5.74, 6) is -1.88. The Morgan fingerprint density at radius 1 is 1.39 bits per heavy atom. The van der Waals surface area contributed by atoms with Gasteiger partial charge < -0.3 is 9.94 Å². The van der Waals surface area contributed by atoms with Gasteiger partial charge in [-0.25, -0.2) is 0 Å². The van der Waals surface area contributed by atoms with Gasteiger partial charge >= 0.3 is 5.97 Å². The van der Waals surface area contributed by atoms with Crippen LogP contribution in [0.1, 0.15) is 27.7 Å². The molecule has 0 aromatic carbocycles. The molecule has 0 aliphatic carbocycles. The van der Waals surface area contributed by atoms with Crippen LogP contribution in [-0.2, 0) is 9.53 Å². The number of carbonyl (C=O) groups excluding carboxylic acids is 1. The molecule has 1 heterocycles. The van der Waals surface area contributed by atoms with E-state index in [4.69, 9.17) is 4.74 Å². The maximum Gasteiger partial charge on any atom is 0.311 e. The second kappa shape index (κ2) is 4.47. The molecule has 0 radical (unpaired) electrons. The van der Waals surface area contributed by atoms with Crippen LogP contribution in [0.2, 0.25) is 0 Å². The fourth-order valence-electron chi connectivity index (χ4n) is 3.00. The van der Waals surface area contributed by atoms with Gasteiger partial charge in [0.1, 0.15) is 0 Å². The zero-order chi connectivity index (χ0) is 14.3. The second-order valence-electron chi connectivity index (χ2n) is 5.74. The van der Waals surface area contributed by atoms with Crippen LogP contribution in [0.15, 0.2) is 0 Å². The van der Waals surface area contributed by atoms with Crippen molar-refractivity contribution in [1.29, 1.82) is 0 Å². The number of hydrogen-bond donors (Lipinski definition) is 1. The number of methoxy groups -OCH3 is 1. The summed E-state index contributed by atoms with van der Waals surface area (Å²) in [5.41, 5.74) is -1.77. The molecule has 0 spiro atoms. The summed E-state index contributed by atoms with van der Waals surface area (Å²) >= 11 is 0. The Balaban J connectivity index is 3.23. The van der Waals surface area contributed by atoms with E-state index in [1.807, 2.05) is 0 Å². The number of rotatable bonds is 3. The zero-order valence-electron chi connectivity index (χ0n) is 11.3. The molecular formula is C11H20N2O5. The lowest BCUT2D eigenvalue weighted by molar-refractivity contribution is -0.491. The third-order valence-electron chi connectivity index (χ3n) is 3.96. The zero-order valence-corrected chi connectivity index (χ0v) is 11.3. The standard InChI is InChI=1S/C11H20N2O5/c1-10(2)7(6-12(15)16)8(9(14)18-5)11(3,4)13(10)17/h7-8,17H,6H2,1-5H3/t7-,8-/m1/s1. The summed E-state index contributed by atoms with van der Waals surface area (Å²) in [5, 5.41) is 22.0. The van der Waals surface area contributed by atoms with Crippen LogP contribution >= 0.6 is 0 Å². The van der Waals surface area contributed by atoms with Crippen LogP contribution in [0.4, 0.5) is 0 Å². The normalized spacial score (nSPS) is 30.1. The first-order valence-corrected chi connectivity index (χ1v) is 5.75. The first-order valence-electron chi connectivity index (χ1n) is 5.75. The van der Waals surface area contributed by atoms with Gasteiger partial charge in [-0.1, -0.05) is 0 Å². The first kappa shape index (κ1) is 14.8. The molecule has 7 nitrogen and oxygen atoms in total. The van der Waals surface area contributed by atoms with E-state index in [0.29, 0.717) is 0 Å². The Bertz CT molecular complexity index is 366. The lowest BCUT2D eigenvalue weighted by Crippen LogP contribution is -2.48. The average Bonchev–Trinajstić information content (AvgIpc) is 2.36. The highest BCUT2D eigenvalue weighted by Crippen LogP contribution is 2.48. The largest absolute Gasteiger partial charge is 0.469 e. The van der Waals surface area contributed by atoms with Gasteiger partial charge in [0.2, 0.25) is 6.54 Å². The third-order valence-corrected chi connectivity index (χ3v) is 3.96. The van der Waals surface area contributed by atoms with Crippen LogP contribution in [0.3, 0.4) is 0 Å². The van der Waals surface area contributed by atoms with E-state index >= 15 is 0 Å². The molecule has 0 bridgehead atoms. The quantitative estimate of drug-likeness (QED) is 0.461. The minimum Gasteiger partial charge on any atom is -0.469 e. The number of ether oxygens (including phenoxy) is 1. The van der Waals surface area contributed by atoms with Crippen molar-refractivity contribution in [3.8, 4) is 0 Å². The van der Waals surface area contributed by atoms with Crippen molar-refractivity contribution in [1.82, 2.24) is 5.06 Å². The topological polar surface area (TPSA) is 92.9 Å². The molecule has 1 fully saturated rings. The van der Waals surface area contributed by atoms with E-state index in [9.17, 15) is 20.1 Å². The van der Waals surface area contributed by atoms with E-state index in [2.05, 4.69) is 0 Å². The van der Waals surface area contributed by atoms with E-state index in [0.717, 1.165) is 5.06 Å². The predicted molar refractivity (Wildman–Crippen MR) is 62.6 cm³/mol. The van der Waals surface area contributed by atoms with Gasteiger partial charge in [0.15, 0.2) is 0 Å². The van der Waals surface area contributed by atoms with E-state index in [-0.39, 0.29) is 6.54 Å². The van der Waals surface area contributed by atoms with Crippen molar-refractivity contribution in [3.63, 3.8) is 0 Å². The maximum absolute atomic E-state index is 11.9. The molecule has 0 aromatic heterocycles. The fourth-order valence-corrected chi connectivity index (χ4v) is 3.00. The van der Waals surface area contributed by atoms with Gasteiger partial charge in [-0.15, -0.1) is 0 Å². The Morgan fingerprint density at radius 3 is 2.28 bits per heavy atom.